The first kappa shape index (κ1) is 15.4. The zero-order chi connectivity index (χ0) is 14.3. The first-order valence-electron chi connectivity index (χ1n) is 6.23. The zero-order valence-electron chi connectivity index (χ0n) is 11.4. The second-order valence-corrected chi connectivity index (χ2v) is 4.46. The summed E-state index contributed by atoms with van der Waals surface area (Å²) in [6, 6.07) is 4.94. The number of hydrogen-bond donors (Lipinski definition) is 1. The molecule has 1 atom stereocenters. The lowest BCUT2D eigenvalue weighted by atomic mass is 10.0. The van der Waals surface area contributed by atoms with E-state index in [0.29, 0.717) is 18.5 Å². The van der Waals surface area contributed by atoms with E-state index in [-0.39, 0.29) is 24.2 Å². The van der Waals surface area contributed by atoms with Crippen molar-refractivity contribution in [3.63, 3.8) is 0 Å². The molecule has 0 saturated heterocycles. The number of esters is 1. The van der Waals surface area contributed by atoms with Crippen LogP contribution in [0, 0.1) is 12.7 Å². The number of benzene rings is 1. The Morgan fingerprint density at radius 3 is 2.89 bits per heavy atom. The summed E-state index contributed by atoms with van der Waals surface area (Å²) in [5, 5.41) is 3.20. The summed E-state index contributed by atoms with van der Waals surface area (Å²) in [6.07, 6.45) is 2.66. The highest BCUT2D eigenvalue weighted by molar-refractivity contribution is 5.70. The number of hydrogen-bond acceptors (Lipinski definition) is 3. The molecule has 0 aliphatic rings. The van der Waals surface area contributed by atoms with Crippen LogP contribution in [0.2, 0.25) is 0 Å². The third-order valence-corrected chi connectivity index (χ3v) is 2.90. The predicted octanol–water partition coefficient (Wildman–Crippen LogP) is 2.38. The van der Waals surface area contributed by atoms with Crippen LogP contribution in [0.25, 0.3) is 0 Å². The molecule has 0 aromatic heterocycles. The van der Waals surface area contributed by atoms with Gasteiger partial charge >= 0.3 is 5.97 Å². The number of rotatable bonds is 7. The Bertz CT molecular complexity index is 446. The number of carbonyl (C=O) groups is 1. The first-order valence-corrected chi connectivity index (χ1v) is 6.23. The maximum absolute atomic E-state index is 13.2. The van der Waals surface area contributed by atoms with Gasteiger partial charge in [-0.25, -0.2) is 4.39 Å². The normalized spacial score (nSPS) is 11.9. The largest absolute Gasteiger partial charge is 0.469 e. The standard InChI is InChI=1S/C15H20FNO2/c1-4-7-17-13(10-15(18)19-3)9-12-5-6-14(16)11(2)8-12/h4-6,8,13,17H,1,7,9-10H2,2-3H3. The molecule has 1 N–H and O–H groups in total. The first-order chi connectivity index (χ1) is 9.06. The quantitative estimate of drug-likeness (QED) is 0.607. The molecule has 4 heteroatoms. The van der Waals surface area contributed by atoms with E-state index in [1.165, 1.54) is 13.2 Å². The SMILES string of the molecule is C=CCNC(CC(=O)OC)Cc1ccc(F)c(C)c1. The van der Waals surface area contributed by atoms with E-state index < -0.39 is 0 Å². The van der Waals surface area contributed by atoms with Crippen LogP contribution in [-0.4, -0.2) is 25.7 Å². The van der Waals surface area contributed by atoms with Gasteiger partial charge in [0.25, 0.3) is 0 Å². The van der Waals surface area contributed by atoms with Gasteiger partial charge in [0, 0.05) is 12.6 Å². The fraction of sp³-hybridized carbons (Fsp3) is 0.400. The summed E-state index contributed by atoms with van der Waals surface area (Å²) in [7, 11) is 1.37. The van der Waals surface area contributed by atoms with Crippen molar-refractivity contribution in [2.24, 2.45) is 0 Å². The van der Waals surface area contributed by atoms with Crippen LogP contribution >= 0.6 is 0 Å². The van der Waals surface area contributed by atoms with Crippen molar-refractivity contribution >= 4 is 5.97 Å². The van der Waals surface area contributed by atoms with Gasteiger partial charge in [0.05, 0.1) is 13.5 Å². The minimum Gasteiger partial charge on any atom is -0.469 e. The fourth-order valence-electron chi connectivity index (χ4n) is 1.87. The Morgan fingerprint density at radius 2 is 2.32 bits per heavy atom. The van der Waals surface area contributed by atoms with E-state index in [1.54, 1.807) is 25.1 Å². The second-order valence-electron chi connectivity index (χ2n) is 4.46. The maximum atomic E-state index is 13.2. The molecule has 3 nitrogen and oxygen atoms in total. The highest BCUT2D eigenvalue weighted by Gasteiger charge is 2.14. The molecule has 0 heterocycles. The zero-order valence-corrected chi connectivity index (χ0v) is 11.4. The lowest BCUT2D eigenvalue weighted by Crippen LogP contribution is -2.33. The molecule has 0 spiro atoms. The third kappa shape index (κ3) is 5.22. The number of aryl methyl sites for hydroxylation is 1. The molecule has 1 aromatic carbocycles. The lowest BCUT2D eigenvalue weighted by molar-refractivity contribution is -0.141. The Labute approximate surface area is 113 Å². The van der Waals surface area contributed by atoms with E-state index in [9.17, 15) is 9.18 Å². The third-order valence-electron chi connectivity index (χ3n) is 2.90. The summed E-state index contributed by atoms with van der Waals surface area (Å²) in [6.45, 7) is 5.98. The van der Waals surface area contributed by atoms with Crippen LogP contribution in [-0.2, 0) is 16.0 Å². The minimum atomic E-state index is -0.264. The van der Waals surface area contributed by atoms with E-state index in [0.717, 1.165) is 5.56 Å². The Hall–Kier alpha value is -1.68. The molecule has 1 aromatic rings. The van der Waals surface area contributed by atoms with Gasteiger partial charge in [-0.3, -0.25) is 4.79 Å². The van der Waals surface area contributed by atoms with Gasteiger partial charge in [0.15, 0.2) is 0 Å². The molecule has 0 fully saturated rings. The van der Waals surface area contributed by atoms with Crippen molar-refractivity contribution in [3.05, 3.63) is 47.8 Å². The van der Waals surface area contributed by atoms with Crippen LogP contribution in [0.3, 0.4) is 0 Å². The van der Waals surface area contributed by atoms with Crippen molar-refractivity contribution in [2.45, 2.75) is 25.8 Å². The number of carbonyl (C=O) groups excluding carboxylic acids is 1. The van der Waals surface area contributed by atoms with Crippen LogP contribution in [0.15, 0.2) is 30.9 Å². The second kappa shape index (κ2) is 7.69. The molecule has 0 aliphatic heterocycles. The Morgan fingerprint density at radius 1 is 1.58 bits per heavy atom. The molecule has 104 valence electrons. The van der Waals surface area contributed by atoms with Gasteiger partial charge in [-0.05, 0) is 30.5 Å². The van der Waals surface area contributed by atoms with Crippen LogP contribution in [0.1, 0.15) is 17.5 Å². The van der Waals surface area contributed by atoms with Crippen LogP contribution in [0.5, 0.6) is 0 Å². The molecule has 1 rings (SSSR count). The van der Waals surface area contributed by atoms with Gasteiger partial charge in [-0.2, -0.15) is 0 Å². The Balaban J connectivity index is 2.71. The molecule has 19 heavy (non-hydrogen) atoms. The Kier molecular flexibility index (Phi) is 6.22. The number of halogens is 1. The van der Waals surface area contributed by atoms with Crippen molar-refractivity contribution in [1.82, 2.24) is 5.32 Å². The highest BCUT2D eigenvalue weighted by Crippen LogP contribution is 2.12. The summed E-state index contributed by atoms with van der Waals surface area (Å²) in [5.41, 5.74) is 1.60. The predicted molar refractivity (Wildman–Crippen MR) is 73.5 cm³/mol. The number of nitrogens with one attached hydrogen (secondary N) is 1. The van der Waals surface area contributed by atoms with Gasteiger partial charge < -0.3 is 10.1 Å². The van der Waals surface area contributed by atoms with E-state index in [2.05, 4.69) is 16.6 Å². The summed E-state index contributed by atoms with van der Waals surface area (Å²) in [4.78, 5) is 11.3. The molecule has 0 amide bonds. The fourth-order valence-corrected chi connectivity index (χ4v) is 1.87. The summed E-state index contributed by atoms with van der Waals surface area (Å²) >= 11 is 0. The lowest BCUT2D eigenvalue weighted by Gasteiger charge is -2.17. The molecule has 1 unspecified atom stereocenters. The molecule has 0 bridgehead atoms. The van der Waals surface area contributed by atoms with E-state index in [4.69, 9.17) is 0 Å². The molecule has 0 saturated carbocycles. The van der Waals surface area contributed by atoms with Crippen LogP contribution < -0.4 is 5.32 Å². The van der Waals surface area contributed by atoms with Gasteiger partial charge in [-0.15, -0.1) is 6.58 Å². The molecule has 0 aliphatic carbocycles. The molecular formula is C15H20FNO2. The van der Waals surface area contributed by atoms with Crippen molar-refractivity contribution in [1.29, 1.82) is 0 Å². The average molecular weight is 265 g/mol. The highest BCUT2D eigenvalue weighted by atomic mass is 19.1. The summed E-state index contributed by atoms with van der Waals surface area (Å²) < 4.78 is 17.9. The van der Waals surface area contributed by atoms with Gasteiger partial charge in [0.1, 0.15) is 5.82 Å². The smallest absolute Gasteiger partial charge is 0.307 e. The van der Waals surface area contributed by atoms with Crippen LogP contribution in [0.4, 0.5) is 4.39 Å². The summed E-state index contributed by atoms with van der Waals surface area (Å²) in [5.74, 6) is -0.479. The average Bonchev–Trinajstić information content (AvgIpc) is 2.40. The van der Waals surface area contributed by atoms with E-state index in [1.807, 2.05) is 0 Å². The number of methoxy groups -OCH3 is 1. The van der Waals surface area contributed by atoms with Crippen molar-refractivity contribution in [3.8, 4) is 0 Å². The maximum Gasteiger partial charge on any atom is 0.307 e. The topological polar surface area (TPSA) is 38.3 Å². The van der Waals surface area contributed by atoms with E-state index >= 15 is 0 Å². The monoisotopic (exact) mass is 265 g/mol. The molecular weight excluding hydrogens is 245 g/mol. The van der Waals surface area contributed by atoms with Gasteiger partial charge in [-0.1, -0.05) is 18.2 Å². The molecule has 0 radical (unpaired) electrons. The van der Waals surface area contributed by atoms with Gasteiger partial charge in [0.2, 0.25) is 0 Å². The van der Waals surface area contributed by atoms with Crippen molar-refractivity contribution in [2.75, 3.05) is 13.7 Å². The number of ether oxygens (including phenoxy) is 1. The van der Waals surface area contributed by atoms with Crippen molar-refractivity contribution < 1.29 is 13.9 Å². The minimum absolute atomic E-state index is 0.0460.